The average molecular weight is 514 g/mol. The number of amides is 1. The van der Waals surface area contributed by atoms with Crippen molar-refractivity contribution in [3.8, 4) is 11.5 Å². The van der Waals surface area contributed by atoms with E-state index in [4.69, 9.17) is 30.2 Å². The number of carbonyl (C=O) groups excluding carboxylic acids is 3. The quantitative estimate of drug-likeness (QED) is 0.190. The molecule has 0 radical (unpaired) electrons. The highest BCUT2D eigenvalue weighted by Crippen LogP contribution is 2.41. The number of ether oxygens (including phenoxy) is 3. The van der Waals surface area contributed by atoms with Gasteiger partial charge >= 0.3 is 5.97 Å². The lowest BCUT2D eigenvalue weighted by atomic mass is 9.95. The van der Waals surface area contributed by atoms with E-state index < -0.39 is 29.5 Å². The largest absolute Gasteiger partial charge is 0.503 e. The minimum atomic E-state index is -0.896. The number of fused-ring (bicyclic) bond motifs is 1. The lowest BCUT2D eigenvalue weighted by Crippen LogP contribution is -2.32. The number of Topliss-reactive ketones (excluding diaryl/α,β-unsaturated/α-hetero) is 1. The van der Waals surface area contributed by atoms with Gasteiger partial charge in [-0.05, 0) is 36.2 Å². The molecule has 1 unspecified atom stereocenters. The van der Waals surface area contributed by atoms with Crippen LogP contribution < -0.4 is 9.47 Å². The molecular formula is C26H24ClNO8. The molecule has 0 spiro atoms. The lowest BCUT2D eigenvalue weighted by Gasteiger charge is -2.26. The summed E-state index contributed by atoms with van der Waals surface area (Å²) in [6, 6.07) is 10.1. The number of aliphatic hydroxyl groups excluding tert-OH is 1. The summed E-state index contributed by atoms with van der Waals surface area (Å²) in [7, 11) is 3.00. The molecule has 2 heterocycles. The van der Waals surface area contributed by atoms with Crippen molar-refractivity contribution < 1.29 is 38.1 Å². The maximum atomic E-state index is 13.7. The summed E-state index contributed by atoms with van der Waals surface area (Å²) in [6.07, 6.45) is 0.485. The van der Waals surface area contributed by atoms with Crippen LogP contribution in [-0.4, -0.2) is 55.0 Å². The molecule has 9 nitrogen and oxygen atoms in total. The molecular weight excluding hydrogens is 490 g/mol. The van der Waals surface area contributed by atoms with E-state index in [1.807, 2.05) is 0 Å². The van der Waals surface area contributed by atoms with Gasteiger partial charge < -0.3 is 28.6 Å². The first-order valence-electron chi connectivity index (χ1n) is 11.1. The first-order valence-corrected chi connectivity index (χ1v) is 11.5. The van der Waals surface area contributed by atoms with Gasteiger partial charge in [0.15, 0.2) is 22.9 Å². The molecule has 0 saturated carbocycles. The number of hydrogen-bond acceptors (Lipinski definition) is 8. The van der Waals surface area contributed by atoms with E-state index in [1.165, 1.54) is 25.0 Å². The number of methoxy groups -OCH3 is 2. The van der Waals surface area contributed by atoms with Gasteiger partial charge in [-0.15, -0.1) is 0 Å². The van der Waals surface area contributed by atoms with Crippen LogP contribution in [0.2, 0.25) is 5.02 Å². The number of ketones is 1. The lowest BCUT2D eigenvalue weighted by molar-refractivity contribution is -0.132. The van der Waals surface area contributed by atoms with E-state index in [-0.39, 0.29) is 17.9 Å². The molecule has 0 aliphatic carbocycles. The Hall–Kier alpha value is -3.82. The predicted octanol–water partition coefficient (Wildman–Crippen LogP) is 4.63. The molecule has 10 heteroatoms. The van der Waals surface area contributed by atoms with Gasteiger partial charge in [0.05, 0.1) is 18.7 Å². The smallest absolute Gasteiger partial charge is 0.308 e. The number of esters is 1. The van der Waals surface area contributed by atoms with Gasteiger partial charge in [-0.25, -0.2) is 0 Å². The molecule has 0 fully saturated rings. The first-order chi connectivity index (χ1) is 17.2. The zero-order valence-corrected chi connectivity index (χ0v) is 20.6. The summed E-state index contributed by atoms with van der Waals surface area (Å²) in [4.78, 5) is 39.4. The van der Waals surface area contributed by atoms with Crippen LogP contribution in [0.5, 0.6) is 11.5 Å². The molecule has 1 atom stereocenters. The molecule has 1 aliphatic rings. The van der Waals surface area contributed by atoms with Crippen LogP contribution >= 0.6 is 11.6 Å². The average Bonchev–Trinajstić information content (AvgIpc) is 3.38. The SMILES string of the molecule is COCCCN1C(=O)C(O)=C(C(=O)c2cc3cc(Cl)cc(OC)c3o2)C1c1ccc(OC(C)=O)cc1. The van der Waals surface area contributed by atoms with Crippen molar-refractivity contribution in [1.29, 1.82) is 0 Å². The van der Waals surface area contributed by atoms with Gasteiger partial charge in [0.1, 0.15) is 5.75 Å². The van der Waals surface area contributed by atoms with Gasteiger partial charge in [0.25, 0.3) is 5.91 Å². The van der Waals surface area contributed by atoms with Crippen molar-refractivity contribution in [3.63, 3.8) is 0 Å². The maximum Gasteiger partial charge on any atom is 0.308 e. The number of furan rings is 1. The fourth-order valence-electron chi connectivity index (χ4n) is 4.21. The Kier molecular flexibility index (Phi) is 7.32. The van der Waals surface area contributed by atoms with Gasteiger partial charge in [-0.1, -0.05) is 23.7 Å². The van der Waals surface area contributed by atoms with Crippen LogP contribution in [0.15, 0.2) is 58.2 Å². The van der Waals surface area contributed by atoms with E-state index in [9.17, 15) is 19.5 Å². The second-order valence-electron chi connectivity index (χ2n) is 8.14. The molecule has 1 aliphatic heterocycles. The van der Waals surface area contributed by atoms with Crippen molar-refractivity contribution in [2.75, 3.05) is 27.4 Å². The third-order valence-corrected chi connectivity index (χ3v) is 5.96. The number of benzene rings is 2. The molecule has 2 aromatic carbocycles. The molecule has 1 aromatic heterocycles. The van der Waals surface area contributed by atoms with Crippen LogP contribution in [0.25, 0.3) is 11.0 Å². The second kappa shape index (κ2) is 10.4. The number of aliphatic hydroxyl groups is 1. The predicted molar refractivity (Wildman–Crippen MR) is 130 cm³/mol. The van der Waals surface area contributed by atoms with E-state index in [0.717, 1.165) is 0 Å². The summed E-state index contributed by atoms with van der Waals surface area (Å²) in [5, 5.41) is 11.8. The summed E-state index contributed by atoms with van der Waals surface area (Å²) in [5.74, 6) is -1.90. The number of carbonyl (C=O) groups is 3. The Bertz CT molecular complexity index is 1360. The Morgan fingerprint density at radius 2 is 1.86 bits per heavy atom. The van der Waals surface area contributed by atoms with Crippen molar-refractivity contribution in [2.24, 2.45) is 0 Å². The molecule has 1 amide bonds. The first kappa shape index (κ1) is 25.3. The van der Waals surface area contributed by atoms with E-state index >= 15 is 0 Å². The molecule has 4 rings (SSSR count). The highest BCUT2D eigenvalue weighted by Gasteiger charge is 2.44. The molecule has 188 valence electrons. The second-order valence-corrected chi connectivity index (χ2v) is 8.58. The van der Waals surface area contributed by atoms with Crippen molar-refractivity contribution >= 4 is 40.2 Å². The van der Waals surface area contributed by atoms with Gasteiger partial charge in [0, 0.05) is 43.7 Å². The summed E-state index contributed by atoms with van der Waals surface area (Å²) in [5.41, 5.74) is 0.733. The Morgan fingerprint density at radius 1 is 1.14 bits per heavy atom. The Morgan fingerprint density at radius 3 is 2.50 bits per heavy atom. The minimum Gasteiger partial charge on any atom is -0.503 e. The highest BCUT2D eigenvalue weighted by molar-refractivity contribution is 6.31. The van der Waals surface area contributed by atoms with Crippen molar-refractivity contribution in [2.45, 2.75) is 19.4 Å². The third kappa shape index (κ3) is 4.80. The fourth-order valence-corrected chi connectivity index (χ4v) is 4.42. The normalized spacial score (nSPS) is 15.6. The van der Waals surface area contributed by atoms with Crippen LogP contribution in [0, 0.1) is 0 Å². The van der Waals surface area contributed by atoms with Gasteiger partial charge in [0.2, 0.25) is 5.78 Å². The van der Waals surface area contributed by atoms with Gasteiger partial charge in [-0.2, -0.15) is 0 Å². The minimum absolute atomic E-state index is 0.0832. The molecule has 36 heavy (non-hydrogen) atoms. The van der Waals surface area contributed by atoms with E-state index in [1.54, 1.807) is 43.5 Å². The van der Waals surface area contributed by atoms with Crippen molar-refractivity contribution in [3.05, 3.63) is 70.1 Å². The number of nitrogens with zero attached hydrogens (tertiary/aromatic N) is 1. The zero-order valence-electron chi connectivity index (χ0n) is 19.9. The number of hydrogen-bond donors (Lipinski definition) is 1. The van der Waals surface area contributed by atoms with Crippen LogP contribution in [-0.2, 0) is 14.3 Å². The molecule has 0 saturated heterocycles. The molecule has 0 bridgehead atoms. The Labute approximate surface area is 211 Å². The summed E-state index contributed by atoms with van der Waals surface area (Å²) in [6.45, 7) is 1.90. The topological polar surface area (TPSA) is 116 Å². The van der Waals surface area contributed by atoms with Gasteiger partial charge in [-0.3, -0.25) is 14.4 Å². The zero-order chi connectivity index (χ0) is 26.0. The van der Waals surface area contributed by atoms with E-state index in [0.29, 0.717) is 46.1 Å². The highest BCUT2D eigenvalue weighted by atomic mass is 35.5. The van der Waals surface area contributed by atoms with Crippen LogP contribution in [0.1, 0.15) is 35.5 Å². The number of rotatable bonds is 9. The van der Waals surface area contributed by atoms with Crippen LogP contribution in [0.3, 0.4) is 0 Å². The summed E-state index contributed by atoms with van der Waals surface area (Å²) < 4.78 is 21.3. The fraction of sp³-hybridized carbons (Fsp3) is 0.269. The maximum absolute atomic E-state index is 13.7. The summed E-state index contributed by atoms with van der Waals surface area (Å²) >= 11 is 6.14. The van der Waals surface area contributed by atoms with E-state index in [2.05, 4.69) is 0 Å². The monoisotopic (exact) mass is 513 g/mol. The standard InChI is InChI=1S/C26H24ClNO8/c1-14(29)35-18-7-5-15(6-8-18)22-21(24(31)26(32)28(22)9-4-10-33-2)23(30)19-12-16-11-17(27)13-20(34-3)25(16)36-19/h5-8,11-13,22,31H,4,9-10H2,1-3H3. The van der Waals surface area contributed by atoms with Crippen LogP contribution in [0.4, 0.5) is 0 Å². The Balaban J connectivity index is 1.77. The third-order valence-electron chi connectivity index (χ3n) is 5.74. The van der Waals surface area contributed by atoms with Crippen molar-refractivity contribution in [1.82, 2.24) is 4.90 Å². The number of halogens is 1. The molecule has 3 aromatic rings. The molecule has 1 N–H and O–H groups in total.